The van der Waals surface area contributed by atoms with Gasteiger partial charge in [-0.15, -0.1) is 0 Å². The first-order valence-corrected chi connectivity index (χ1v) is 3.70. The minimum absolute atomic E-state index is 0.446. The van der Waals surface area contributed by atoms with E-state index in [9.17, 15) is 4.79 Å². The number of hydrogen-bond donors (Lipinski definition) is 0. The minimum atomic E-state index is 0.446. The van der Waals surface area contributed by atoms with Crippen molar-refractivity contribution in [2.24, 2.45) is 0 Å². The molecule has 1 rings (SSSR count). The summed E-state index contributed by atoms with van der Waals surface area (Å²) >= 11 is 1.40. The van der Waals surface area contributed by atoms with Crippen LogP contribution in [-0.4, -0.2) is 17.5 Å². The molecule has 0 saturated carbocycles. The largest absolute Gasteiger partial charge is 0.468 e. The van der Waals surface area contributed by atoms with Crippen molar-refractivity contribution < 1.29 is 9.53 Å². The molecule has 0 amide bonds. The summed E-state index contributed by atoms with van der Waals surface area (Å²) in [7, 11) is 0. The number of ether oxygens (including phenoxy) is 1. The van der Waals surface area contributed by atoms with Gasteiger partial charge in [-0.2, -0.15) is 0 Å². The number of nitrogens with zero attached hydrogens (tertiary/aromatic N) is 1. The summed E-state index contributed by atoms with van der Waals surface area (Å²) in [5, 5.41) is 1.94. The molecule has 1 aromatic rings. The molecule has 10 heavy (non-hydrogen) atoms. The molecule has 3 nitrogen and oxygen atoms in total. The third-order valence-electron chi connectivity index (χ3n) is 1.06. The zero-order valence-corrected chi connectivity index (χ0v) is 6.13. The van der Waals surface area contributed by atoms with Crippen molar-refractivity contribution in [3.8, 4) is 0 Å². The summed E-state index contributed by atoms with van der Waals surface area (Å²) in [6, 6.07) is 0. The van der Waals surface area contributed by atoms with Gasteiger partial charge in [0.05, 0.1) is 6.61 Å². The van der Waals surface area contributed by atoms with Crippen LogP contribution < -0.4 is 0 Å². The lowest BCUT2D eigenvalue weighted by Crippen LogP contribution is -1.94. The SMILES string of the molecule is O=COCCc1cnsc1. The molecule has 0 aliphatic carbocycles. The van der Waals surface area contributed by atoms with Crippen LogP contribution in [0.25, 0.3) is 0 Å². The highest BCUT2D eigenvalue weighted by molar-refractivity contribution is 7.03. The van der Waals surface area contributed by atoms with Gasteiger partial charge in [-0.3, -0.25) is 4.79 Å². The third kappa shape index (κ3) is 2.14. The number of carbonyl (C=O) groups excluding carboxylic acids is 1. The Morgan fingerprint density at radius 3 is 3.30 bits per heavy atom. The lowest BCUT2D eigenvalue weighted by molar-refractivity contribution is -0.128. The number of hydrogen-bond acceptors (Lipinski definition) is 4. The van der Waals surface area contributed by atoms with E-state index in [1.54, 1.807) is 6.20 Å². The lowest BCUT2D eigenvalue weighted by Gasteiger charge is -1.92. The van der Waals surface area contributed by atoms with Gasteiger partial charge in [0, 0.05) is 18.0 Å². The lowest BCUT2D eigenvalue weighted by atomic mass is 10.3. The van der Waals surface area contributed by atoms with Gasteiger partial charge in [0.15, 0.2) is 0 Å². The average molecular weight is 157 g/mol. The second-order valence-corrected chi connectivity index (χ2v) is 2.41. The maximum atomic E-state index is 9.70. The van der Waals surface area contributed by atoms with Crippen LogP contribution in [0.3, 0.4) is 0 Å². The molecule has 1 heterocycles. The van der Waals surface area contributed by atoms with Crippen LogP contribution in [0.4, 0.5) is 0 Å². The molecule has 4 heteroatoms. The van der Waals surface area contributed by atoms with Crippen molar-refractivity contribution in [2.45, 2.75) is 6.42 Å². The van der Waals surface area contributed by atoms with Gasteiger partial charge < -0.3 is 4.74 Å². The summed E-state index contributed by atoms with van der Waals surface area (Å²) in [6.45, 7) is 0.904. The summed E-state index contributed by atoms with van der Waals surface area (Å²) < 4.78 is 8.40. The Bertz CT molecular complexity index is 186. The third-order valence-corrected chi connectivity index (χ3v) is 1.70. The van der Waals surface area contributed by atoms with Gasteiger partial charge >= 0.3 is 0 Å². The Balaban J connectivity index is 2.21. The van der Waals surface area contributed by atoms with Crippen molar-refractivity contribution >= 4 is 18.0 Å². The Kier molecular flexibility index (Phi) is 2.89. The van der Waals surface area contributed by atoms with E-state index in [-0.39, 0.29) is 0 Å². The molecular weight excluding hydrogens is 150 g/mol. The second kappa shape index (κ2) is 4.00. The van der Waals surface area contributed by atoms with Crippen molar-refractivity contribution in [2.75, 3.05) is 6.61 Å². The molecule has 0 bridgehead atoms. The zero-order chi connectivity index (χ0) is 7.23. The molecule has 0 spiro atoms. The molecular formula is C6H7NO2S. The molecule has 0 fully saturated rings. The molecule has 0 saturated heterocycles. The Hall–Kier alpha value is -0.900. The minimum Gasteiger partial charge on any atom is -0.468 e. The summed E-state index contributed by atoms with van der Waals surface area (Å²) in [5.41, 5.74) is 1.12. The summed E-state index contributed by atoms with van der Waals surface area (Å²) in [6.07, 6.45) is 2.54. The monoisotopic (exact) mass is 157 g/mol. The molecule has 0 atom stereocenters. The van der Waals surface area contributed by atoms with Crippen LogP contribution in [0.15, 0.2) is 11.6 Å². The number of aromatic nitrogens is 1. The predicted octanol–water partition coefficient (Wildman–Crippen LogP) is 0.859. The molecule has 54 valence electrons. The second-order valence-electron chi connectivity index (χ2n) is 1.75. The standard InChI is InChI=1S/C6H7NO2S/c8-5-9-2-1-6-3-7-10-4-6/h3-5H,1-2H2. The summed E-state index contributed by atoms with van der Waals surface area (Å²) in [5.74, 6) is 0. The average Bonchev–Trinajstić information content (AvgIpc) is 2.41. The number of rotatable bonds is 4. The first-order valence-electron chi connectivity index (χ1n) is 2.87. The van der Waals surface area contributed by atoms with E-state index < -0.39 is 0 Å². The highest BCUT2D eigenvalue weighted by Gasteiger charge is 1.92. The smallest absolute Gasteiger partial charge is 0.293 e. The van der Waals surface area contributed by atoms with Crippen LogP contribution in [0, 0.1) is 0 Å². The van der Waals surface area contributed by atoms with Crippen molar-refractivity contribution in [1.82, 2.24) is 4.37 Å². The Morgan fingerprint density at radius 2 is 2.70 bits per heavy atom. The maximum Gasteiger partial charge on any atom is 0.293 e. The van der Waals surface area contributed by atoms with E-state index in [1.165, 1.54) is 11.5 Å². The van der Waals surface area contributed by atoms with Gasteiger partial charge in [0.25, 0.3) is 6.47 Å². The van der Waals surface area contributed by atoms with Crippen LogP contribution in [0.5, 0.6) is 0 Å². The van der Waals surface area contributed by atoms with Crippen LogP contribution in [0.1, 0.15) is 5.56 Å². The molecule has 0 aromatic carbocycles. The first kappa shape index (κ1) is 7.21. The quantitative estimate of drug-likeness (QED) is 0.480. The van der Waals surface area contributed by atoms with Crippen LogP contribution >= 0.6 is 11.5 Å². The molecule has 0 aliphatic heterocycles. The Labute approximate surface area is 62.8 Å². The zero-order valence-electron chi connectivity index (χ0n) is 5.32. The van der Waals surface area contributed by atoms with Crippen molar-refractivity contribution in [3.63, 3.8) is 0 Å². The molecule has 0 aliphatic rings. The van der Waals surface area contributed by atoms with E-state index in [1.807, 2.05) is 5.38 Å². The predicted molar refractivity (Wildman–Crippen MR) is 37.8 cm³/mol. The number of carbonyl (C=O) groups is 1. The molecule has 0 radical (unpaired) electrons. The van der Waals surface area contributed by atoms with E-state index in [0.29, 0.717) is 13.1 Å². The maximum absolute atomic E-state index is 9.70. The van der Waals surface area contributed by atoms with E-state index >= 15 is 0 Å². The fraction of sp³-hybridized carbons (Fsp3) is 0.333. The molecule has 1 aromatic heterocycles. The first-order chi connectivity index (χ1) is 4.93. The fourth-order valence-electron chi connectivity index (χ4n) is 0.575. The van der Waals surface area contributed by atoms with E-state index in [0.717, 1.165) is 12.0 Å². The Morgan fingerprint density at radius 1 is 1.80 bits per heavy atom. The van der Waals surface area contributed by atoms with Crippen LogP contribution in [0.2, 0.25) is 0 Å². The van der Waals surface area contributed by atoms with Crippen molar-refractivity contribution in [3.05, 3.63) is 17.1 Å². The topological polar surface area (TPSA) is 39.2 Å². The fourth-order valence-corrected chi connectivity index (χ4v) is 1.15. The van der Waals surface area contributed by atoms with Gasteiger partial charge in [0.1, 0.15) is 0 Å². The van der Waals surface area contributed by atoms with Crippen molar-refractivity contribution in [1.29, 1.82) is 0 Å². The summed E-state index contributed by atoms with van der Waals surface area (Å²) in [4.78, 5) is 9.70. The molecule has 0 unspecified atom stereocenters. The van der Waals surface area contributed by atoms with Crippen LogP contribution in [-0.2, 0) is 16.0 Å². The highest BCUT2D eigenvalue weighted by atomic mass is 32.1. The van der Waals surface area contributed by atoms with Gasteiger partial charge in [0.2, 0.25) is 0 Å². The van der Waals surface area contributed by atoms with Gasteiger partial charge in [-0.05, 0) is 17.1 Å². The van der Waals surface area contributed by atoms with E-state index in [2.05, 4.69) is 9.11 Å². The molecule has 0 N–H and O–H groups in total. The van der Waals surface area contributed by atoms with Gasteiger partial charge in [-0.25, -0.2) is 4.37 Å². The highest BCUT2D eigenvalue weighted by Crippen LogP contribution is 2.01. The normalized spacial score (nSPS) is 9.20. The van der Waals surface area contributed by atoms with Gasteiger partial charge in [-0.1, -0.05) is 0 Å². The van der Waals surface area contributed by atoms with E-state index in [4.69, 9.17) is 0 Å².